The van der Waals surface area contributed by atoms with E-state index in [0.717, 1.165) is 17.7 Å². The van der Waals surface area contributed by atoms with Crippen LogP contribution in [0.25, 0.3) is 11.6 Å². The molecular formula is C18H23N5O4S2. The van der Waals surface area contributed by atoms with E-state index in [1.807, 2.05) is 4.68 Å². The van der Waals surface area contributed by atoms with Crippen LogP contribution in [0.15, 0.2) is 26.2 Å². The second kappa shape index (κ2) is 7.98. The number of thiophene rings is 1. The maximum absolute atomic E-state index is 12.5. The Balaban J connectivity index is 1.51. The van der Waals surface area contributed by atoms with Gasteiger partial charge in [0, 0.05) is 43.7 Å². The van der Waals surface area contributed by atoms with Crippen molar-refractivity contribution in [2.24, 2.45) is 0 Å². The zero-order valence-electron chi connectivity index (χ0n) is 16.5. The number of nitrogens with zero attached hydrogens (tertiary/aromatic N) is 5. The molecule has 0 bridgehead atoms. The smallest absolute Gasteiger partial charge is 0.278 e. The van der Waals surface area contributed by atoms with Gasteiger partial charge >= 0.3 is 0 Å². The summed E-state index contributed by atoms with van der Waals surface area (Å²) in [5.41, 5.74) is 2.77. The van der Waals surface area contributed by atoms with Gasteiger partial charge in [0.25, 0.3) is 15.9 Å². The van der Waals surface area contributed by atoms with Crippen molar-refractivity contribution < 1.29 is 17.7 Å². The van der Waals surface area contributed by atoms with Gasteiger partial charge in [-0.2, -0.15) is 14.4 Å². The van der Waals surface area contributed by atoms with Crippen LogP contribution < -0.4 is 0 Å². The van der Waals surface area contributed by atoms with Crippen LogP contribution >= 0.6 is 11.3 Å². The van der Waals surface area contributed by atoms with E-state index in [2.05, 4.69) is 29.1 Å². The van der Waals surface area contributed by atoms with Gasteiger partial charge in [-0.3, -0.25) is 4.68 Å². The lowest BCUT2D eigenvalue weighted by Crippen LogP contribution is -2.28. The van der Waals surface area contributed by atoms with Crippen molar-refractivity contribution in [3.8, 4) is 11.6 Å². The predicted octanol–water partition coefficient (Wildman–Crippen LogP) is 2.51. The summed E-state index contributed by atoms with van der Waals surface area (Å²) in [5.74, 6) is 0.780. The summed E-state index contributed by atoms with van der Waals surface area (Å²) in [6, 6.07) is 3.53. The normalized spacial score (nSPS) is 14.7. The third-order valence-corrected chi connectivity index (χ3v) is 8.05. The molecule has 3 aromatic heterocycles. The molecule has 156 valence electrons. The van der Waals surface area contributed by atoms with Gasteiger partial charge < -0.3 is 9.26 Å². The summed E-state index contributed by atoms with van der Waals surface area (Å²) in [6.07, 6.45) is 1.14. The first-order valence-corrected chi connectivity index (χ1v) is 11.7. The first-order valence-electron chi connectivity index (χ1n) is 9.38. The summed E-state index contributed by atoms with van der Waals surface area (Å²) in [7, 11) is -1.95. The van der Waals surface area contributed by atoms with E-state index in [1.54, 1.807) is 24.6 Å². The lowest BCUT2D eigenvalue weighted by Gasteiger charge is -2.16. The van der Waals surface area contributed by atoms with Crippen molar-refractivity contribution in [3.05, 3.63) is 34.6 Å². The second-order valence-electron chi connectivity index (χ2n) is 7.14. The van der Waals surface area contributed by atoms with Crippen LogP contribution in [0.1, 0.15) is 37.0 Å². The van der Waals surface area contributed by atoms with Crippen LogP contribution in [0.5, 0.6) is 0 Å². The van der Waals surface area contributed by atoms with E-state index in [1.165, 1.54) is 15.6 Å². The second-order valence-corrected chi connectivity index (χ2v) is 10.4. The minimum atomic E-state index is -3.50. The first kappa shape index (κ1) is 20.2. The Labute approximate surface area is 173 Å². The Morgan fingerprint density at radius 3 is 2.93 bits per heavy atom. The van der Waals surface area contributed by atoms with Gasteiger partial charge in [-0.15, -0.1) is 11.3 Å². The molecule has 29 heavy (non-hydrogen) atoms. The quantitative estimate of drug-likeness (QED) is 0.559. The highest BCUT2D eigenvalue weighted by Gasteiger charge is 2.27. The molecule has 0 aliphatic carbocycles. The van der Waals surface area contributed by atoms with Crippen LogP contribution in [0.2, 0.25) is 0 Å². The summed E-state index contributed by atoms with van der Waals surface area (Å²) in [6.45, 7) is 5.55. The van der Waals surface area contributed by atoms with E-state index >= 15 is 0 Å². The minimum Gasteiger partial charge on any atom is -0.376 e. The SMILES string of the molecule is CC(C)n1nc(-c2nc(CCN(C)S(=O)(=O)c3cccs3)no2)c2c1CCOC2. The number of fused-ring (bicyclic) bond motifs is 1. The maximum atomic E-state index is 12.5. The summed E-state index contributed by atoms with van der Waals surface area (Å²) in [4.78, 5) is 4.45. The third kappa shape index (κ3) is 3.87. The van der Waals surface area contributed by atoms with E-state index in [-0.39, 0.29) is 12.6 Å². The summed E-state index contributed by atoms with van der Waals surface area (Å²) in [5, 5.41) is 10.4. The van der Waals surface area contributed by atoms with Crippen molar-refractivity contribution in [2.45, 2.75) is 43.5 Å². The predicted molar refractivity (Wildman–Crippen MR) is 107 cm³/mol. The molecule has 0 amide bonds. The van der Waals surface area contributed by atoms with E-state index in [9.17, 15) is 8.42 Å². The van der Waals surface area contributed by atoms with E-state index < -0.39 is 10.0 Å². The van der Waals surface area contributed by atoms with Crippen molar-refractivity contribution in [1.29, 1.82) is 0 Å². The number of likely N-dealkylation sites (N-methyl/N-ethyl adjacent to an activating group) is 1. The molecular weight excluding hydrogens is 414 g/mol. The highest BCUT2D eigenvalue weighted by atomic mass is 32.2. The molecule has 0 spiro atoms. The fourth-order valence-electron chi connectivity index (χ4n) is 3.26. The zero-order valence-corrected chi connectivity index (χ0v) is 18.2. The van der Waals surface area contributed by atoms with Crippen LogP contribution in [-0.2, 0) is 34.2 Å². The average molecular weight is 438 g/mol. The van der Waals surface area contributed by atoms with E-state index in [4.69, 9.17) is 9.26 Å². The maximum Gasteiger partial charge on any atom is 0.278 e. The Hall–Kier alpha value is -2.08. The number of ether oxygens (including phenoxy) is 1. The van der Waals surface area contributed by atoms with Crippen molar-refractivity contribution in [2.75, 3.05) is 20.2 Å². The Morgan fingerprint density at radius 2 is 2.21 bits per heavy atom. The molecule has 1 aliphatic rings. The van der Waals surface area contributed by atoms with Crippen molar-refractivity contribution in [1.82, 2.24) is 24.2 Å². The van der Waals surface area contributed by atoms with Gasteiger partial charge in [-0.1, -0.05) is 11.2 Å². The number of aromatic nitrogens is 4. The average Bonchev–Trinajstić information content (AvgIpc) is 3.45. The van der Waals surface area contributed by atoms with Gasteiger partial charge in [0.2, 0.25) is 0 Å². The van der Waals surface area contributed by atoms with Gasteiger partial charge in [-0.25, -0.2) is 8.42 Å². The number of hydrogen-bond donors (Lipinski definition) is 0. The van der Waals surface area contributed by atoms with Gasteiger partial charge in [-0.05, 0) is 25.3 Å². The standard InChI is InChI=1S/C18H23N5O4S2/c1-12(2)23-14-7-9-26-11-13(14)17(20-23)18-19-15(21-27-18)6-8-22(3)29(24,25)16-5-4-10-28-16/h4-5,10,12H,6-9,11H2,1-3H3. The molecule has 0 fully saturated rings. The lowest BCUT2D eigenvalue weighted by molar-refractivity contribution is 0.108. The van der Waals surface area contributed by atoms with E-state index in [0.29, 0.717) is 41.3 Å². The molecule has 0 aromatic carbocycles. The van der Waals surface area contributed by atoms with Crippen LogP contribution in [0, 0.1) is 0 Å². The van der Waals surface area contributed by atoms with Crippen LogP contribution in [0.4, 0.5) is 0 Å². The Bertz CT molecular complexity index is 1090. The Morgan fingerprint density at radius 1 is 1.38 bits per heavy atom. The fraction of sp³-hybridized carbons (Fsp3) is 0.500. The van der Waals surface area contributed by atoms with Gasteiger partial charge in [0.05, 0.1) is 13.2 Å². The molecule has 3 aromatic rings. The van der Waals surface area contributed by atoms with Crippen molar-refractivity contribution in [3.63, 3.8) is 0 Å². The van der Waals surface area contributed by atoms with Crippen LogP contribution in [-0.4, -0.2) is 52.8 Å². The van der Waals surface area contributed by atoms with Crippen LogP contribution in [0.3, 0.4) is 0 Å². The summed E-state index contributed by atoms with van der Waals surface area (Å²) >= 11 is 1.20. The summed E-state index contributed by atoms with van der Waals surface area (Å²) < 4.78 is 39.7. The first-order chi connectivity index (χ1) is 13.9. The van der Waals surface area contributed by atoms with Gasteiger partial charge in [0.15, 0.2) is 11.5 Å². The largest absolute Gasteiger partial charge is 0.376 e. The molecule has 1 aliphatic heterocycles. The molecule has 4 heterocycles. The fourth-order valence-corrected chi connectivity index (χ4v) is 5.63. The molecule has 0 saturated heterocycles. The minimum absolute atomic E-state index is 0.217. The van der Waals surface area contributed by atoms with Crippen molar-refractivity contribution >= 4 is 21.4 Å². The molecule has 0 N–H and O–H groups in total. The highest BCUT2D eigenvalue weighted by molar-refractivity contribution is 7.91. The Kier molecular flexibility index (Phi) is 5.56. The van der Waals surface area contributed by atoms with Gasteiger partial charge in [0.1, 0.15) is 4.21 Å². The molecule has 9 nitrogen and oxygen atoms in total. The lowest BCUT2D eigenvalue weighted by atomic mass is 10.1. The number of hydrogen-bond acceptors (Lipinski definition) is 8. The molecule has 0 unspecified atom stereocenters. The zero-order chi connectivity index (χ0) is 20.6. The molecule has 4 rings (SSSR count). The monoisotopic (exact) mass is 437 g/mol. The highest BCUT2D eigenvalue weighted by Crippen LogP contribution is 2.30. The molecule has 11 heteroatoms. The topological polar surface area (TPSA) is 103 Å². The number of rotatable bonds is 7. The molecule has 0 atom stereocenters. The molecule has 0 radical (unpaired) electrons. The molecule has 0 saturated carbocycles. The number of sulfonamides is 1. The third-order valence-electron chi connectivity index (χ3n) is 4.82.